The molecule has 2 N–H and O–H groups in total. The van der Waals surface area contributed by atoms with Crippen molar-refractivity contribution in [1.82, 2.24) is 4.31 Å². The molecule has 1 aliphatic heterocycles. The fourth-order valence-electron chi connectivity index (χ4n) is 3.25. The van der Waals surface area contributed by atoms with E-state index in [4.69, 9.17) is 18.0 Å². The van der Waals surface area contributed by atoms with Gasteiger partial charge in [-0.2, -0.15) is 4.31 Å². The maximum atomic E-state index is 12.8. The van der Waals surface area contributed by atoms with Crippen LogP contribution in [0.5, 0.6) is 0 Å². The Hall–Kier alpha value is -0.980. The highest BCUT2D eigenvalue weighted by atomic mass is 32.2. The fraction of sp³-hybridized carbons (Fsp3) is 0.533. The van der Waals surface area contributed by atoms with E-state index in [1.807, 2.05) is 12.1 Å². The summed E-state index contributed by atoms with van der Waals surface area (Å²) in [6, 6.07) is 5.55. The number of sulfonamides is 1. The largest absolute Gasteiger partial charge is 0.393 e. The highest BCUT2D eigenvalue weighted by Gasteiger charge is 2.31. The van der Waals surface area contributed by atoms with Gasteiger partial charge in [0.25, 0.3) is 0 Å². The first-order valence-electron chi connectivity index (χ1n) is 7.40. The van der Waals surface area contributed by atoms with Gasteiger partial charge in [0.15, 0.2) is 0 Å². The maximum Gasteiger partial charge on any atom is 0.243 e. The molecule has 0 spiro atoms. The van der Waals surface area contributed by atoms with Crippen LogP contribution in [0.1, 0.15) is 30.4 Å². The molecule has 1 heterocycles. The molecule has 21 heavy (non-hydrogen) atoms. The molecule has 1 aromatic rings. The molecule has 0 amide bonds. The number of piperidine rings is 1. The Morgan fingerprint density at radius 3 is 2.76 bits per heavy atom. The smallest absolute Gasteiger partial charge is 0.243 e. The number of hydrogen-bond acceptors (Lipinski definition) is 3. The standard InChI is InChI=1S/C15H20N2O2S2/c16-15(20)13-5-2-8-17(10-13)21(18,19)14-7-6-11-3-1-4-12(11)9-14/h6-7,9,13H,1-5,8,10H2,(H2,16,20). The molecule has 3 rings (SSSR count). The van der Waals surface area contributed by atoms with Gasteiger partial charge < -0.3 is 5.73 Å². The predicted octanol–water partition coefficient (Wildman–Crippen LogP) is 1.86. The normalized spacial score (nSPS) is 23.0. The van der Waals surface area contributed by atoms with Crippen LogP contribution in [-0.4, -0.2) is 30.8 Å². The summed E-state index contributed by atoms with van der Waals surface area (Å²) in [5, 5.41) is 0. The van der Waals surface area contributed by atoms with Gasteiger partial charge in [-0.15, -0.1) is 0 Å². The molecule has 6 heteroatoms. The summed E-state index contributed by atoms with van der Waals surface area (Å²) in [7, 11) is -3.43. The first-order chi connectivity index (χ1) is 9.98. The van der Waals surface area contributed by atoms with Gasteiger partial charge in [0.2, 0.25) is 10.0 Å². The third kappa shape index (κ3) is 2.84. The molecular formula is C15H20N2O2S2. The number of hydrogen-bond donors (Lipinski definition) is 1. The molecule has 1 fully saturated rings. The summed E-state index contributed by atoms with van der Waals surface area (Å²) in [5.74, 6) is -0.00190. The number of nitrogens with two attached hydrogens (primary N) is 1. The number of rotatable bonds is 3. The van der Waals surface area contributed by atoms with E-state index >= 15 is 0 Å². The van der Waals surface area contributed by atoms with E-state index in [0.29, 0.717) is 23.0 Å². The maximum absolute atomic E-state index is 12.8. The lowest BCUT2D eigenvalue weighted by Gasteiger charge is -2.31. The Balaban J connectivity index is 1.88. The number of fused-ring (bicyclic) bond motifs is 1. The van der Waals surface area contributed by atoms with E-state index in [9.17, 15) is 8.42 Å². The molecule has 1 aliphatic carbocycles. The van der Waals surface area contributed by atoms with Crippen LogP contribution in [0.15, 0.2) is 23.1 Å². The molecule has 0 saturated carbocycles. The van der Waals surface area contributed by atoms with Crippen molar-refractivity contribution in [2.45, 2.75) is 37.0 Å². The van der Waals surface area contributed by atoms with Crippen LogP contribution in [0.4, 0.5) is 0 Å². The van der Waals surface area contributed by atoms with Gasteiger partial charge in [-0.1, -0.05) is 18.3 Å². The van der Waals surface area contributed by atoms with E-state index in [2.05, 4.69) is 0 Å². The van der Waals surface area contributed by atoms with Crippen molar-refractivity contribution < 1.29 is 8.42 Å². The second-order valence-corrected chi connectivity index (χ2v) is 8.30. The van der Waals surface area contributed by atoms with E-state index in [-0.39, 0.29) is 5.92 Å². The molecular weight excluding hydrogens is 304 g/mol. The average molecular weight is 324 g/mol. The molecule has 2 aliphatic rings. The van der Waals surface area contributed by atoms with Gasteiger partial charge in [0.05, 0.1) is 9.88 Å². The summed E-state index contributed by atoms with van der Waals surface area (Å²) in [6.45, 7) is 0.966. The molecule has 1 saturated heterocycles. The SMILES string of the molecule is NC(=S)C1CCCN(S(=O)(=O)c2ccc3c(c2)CCC3)C1. The van der Waals surface area contributed by atoms with Gasteiger partial charge in [0.1, 0.15) is 0 Å². The minimum Gasteiger partial charge on any atom is -0.393 e. The number of aryl methyl sites for hydroxylation is 2. The second kappa shape index (κ2) is 5.66. The molecule has 1 aromatic carbocycles. The summed E-state index contributed by atoms with van der Waals surface area (Å²) < 4.78 is 27.1. The average Bonchev–Trinajstić information content (AvgIpc) is 2.94. The third-order valence-electron chi connectivity index (χ3n) is 4.49. The quantitative estimate of drug-likeness (QED) is 0.862. The van der Waals surface area contributed by atoms with E-state index in [0.717, 1.165) is 32.1 Å². The third-order valence-corrected chi connectivity index (χ3v) is 6.69. The Labute approximate surface area is 131 Å². The monoisotopic (exact) mass is 324 g/mol. The lowest BCUT2D eigenvalue weighted by molar-refractivity contribution is 0.312. The molecule has 1 unspecified atom stereocenters. The van der Waals surface area contributed by atoms with Crippen molar-refractivity contribution >= 4 is 27.2 Å². The van der Waals surface area contributed by atoms with Gasteiger partial charge in [-0.25, -0.2) is 8.42 Å². The predicted molar refractivity (Wildman–Crippen MR) is 86.7 cm³/mol. The highest BCUT2D eigenvalue weighted by Crippen LogP contribution is 2.28. The zero-order chi connectivity index (χ0) is 15.0. The molecule has 4 nitrogen and oxygen atoms in total. The van der Waals surface area contributed by atoms with E-state index in [1.54, 1.807) is 6.07 Å². The highest BCUT2D eigenvalue weighted by molar-refractivity contribution is 7.89. The lowest BCUT2D eigenvalue weighted by Crippen LogP contribution is -2.43. The van der Waals surface area contributed by atoms with Crippen molar-refractivity contribution in [3.8, 4) is 0 Å². The molecule has 0 aromatic heterocycles. The van der Waals surface area contributed by atoms with E-state index < -0.39 is 10.0 Å². The van der Waals surface area contributed by atoms with Crippen LogP contribution in [-0.2, 0) is 22.9 Å². The van der Waals surface area contributed by atoms with Crippen LogP contribution < -0.4 is 5.73 Å². The van der Waals surface area contributed by atoms with Crippen molar-refractivity contribution in [1.29, 1.82) is 0 Å². The van der Waals surface area contributed by atoms with Gasteiger partial charge >= 0.3 is 0 Å². The molecule has 0 radical (unpaired) electrons. The molecule has 0 bridgehead atoms. The number of thiocarbonyl (C=S) groups is 1. The van der Waals surface area contributed by atoms with Crippen molar-refractivity contribution in [3.05, 3.63) is 29.3 Å². The van der Waals surface area contributed by atoms with Crippen LogP contribution >= 0.6 is 12.2 Å². The van der Waals surface area contributed by atoms with Crippen molar-refractivity contribution in [3.63, 3.8) is 0 Å². The van der Waals surface area contributed by atoms with Crippen LogP contribution in [0.25, 0.3) is 0 Å². The van der Waals surface area contributed by atoms with Crippen molar-refractivity contribution in [2.24, 2.45) is 11.7 Å². The topological polar surface area (TPSA) is 63.4 Å². The zero-order valence-electron chi connectivity index (χ0n) is 11.9. The van der Waals surface area contributed by atoms with Crippen molar-refractivity contribution in [2.75, 3.05) is 13.1 Å². The van der Waals surface area contributed by atoms with Gasteiger partial charge in [0, 0.05) is 19.0 Å². The summed E-state index contributed by atoms with van der Waals surface area (Å²) in [5.41, 5.74) is 8.16. The molecule has 114 valence electrons. The first-order valence-corrected chi connectivity index (χ1v) is 9.24. The second-order valence-electron chi connectivity index (χ2n) is 5.89. The van der Waals surface area contributed by atoms with Crippen LogP contribution in [0, 0.1) is 5.92 Å². The first kappa shape index (κ1) is 14.9. The molecule has 1 atom stereocenters. The zero-order valence-corrected chi connectivity index (χ0v) is 13.5. The Bertz CT molecular complexity index is 670. The van der Waals surface area contributed by atoms with Crippen LogP contribution in [0.3, 0.4) is 0 Å². The summed E-state index contributed by atoms with van der Waals surface area (Å²) in [4.78, 5) is 0.829. The van der Waals surface area contributed by atoms with E-state index in [1.165, 1.54) is 15.4 Å². The number of nitrogens with zero attached hydrogens (tertiary/aromatic N) is 1. The summed E-state index contributed by atoms with van der Waals surface area (Å²) >= 11 is 5.03. The Morgan fingerprint density at radius 1 is 1.24 bits per heavy atom. The Morgan fingerprint density at radius 2 is 2.00 bits per heavy atom. The van der Waals surface area contributed by atoms with Gasteiger partial charge in [-0.3, -0.25) is 0 Å². The minimum absolute atomic E-state index is 0.00190. The number of benzene rings is 1. The fourth-order valence-corrected chi connectivity index (χ4v) is 5.02. The summed E-state index contributed by atoms with van der Waals surface area (Å²) in [6.07, 6.45) is 4.85. The van der Waals surface area contributed by atoms with Crippen LogP contribution in [0.2, 0.25) is 0 Å². The Kier molecular flexibility index (Phi) is 4.03. The minimum atomic E-state index is -3.43. The van der Waals surface area contributed by atoms with Gasteiger partial charge in [-0.05, 0) is 55.4 Å². The lowest BCUT2D eigenvalue weighted by atomic mass is 10.0.